The van der Waals surface area contributed by atoms with E-state index >= 15 is 0 Å². The van der Waals surface area contributed by atoms with Crippen LogP contribution < -0.4 is 16.4 Å². The van der Waals surface area contributed by atoms with Crippen LogP contribution in [0.1, 0.15) is 34.8 Å². The van der Waals surface area contributed by atoms with Crippen molar-refractivity contribution in [2.45, 2.75) is 18.9 Å². The molecule has 0 bridgehead atoms. The molecule has 1 atom stereocenters. The molecule has 6 heteroatoms. The molecule has 1 fully saturated rings. The number of pyridine rings is 1. The van der Waals surface area contributed by atoms with Gasteiger partial charge >= 0.3 is 0 Å². The van der Waals surface area contributed by atoms with Crippen LogP contribution in [0.5, 0.6) is 0 Å². The Labute approximate surface area is 140 Å². The summed E-state index contributed by atoms with van der Waals surface area (Å²) >= 11 is 0. The average Bonchev–Trinajstić information content (AvgIpc) is 3.45. The number of aromatic nitrogens is 1. The van der Waals surface area contributed by atoms with Crippen molar-refractivity contribution in [1.29, 1.82) is 0 Å². The second-order valence-electron chi connectivity index (χ2n) is 5.94. The number of nitrogens with zero attached hydrogens (tertiary/aromatic N) is 1. The Morgan fingerprint density at radius 3 is 2.42 bits per heavy atom. The second kappa shape index (κ2) is 7.23. The van der Waals surface area contributed by atoms with Gasteiger partial charge < -0.3 is 16.4 Å². The number of hydrogen-bond acceptors (Lipinski definition) is 4. The maximum Gasteiger partial charge on any atom is 0.255 e. The quantitative estimate of drug-likeness (QED) is 0.755. The Morgan fingerprint density at radius 2 is 1.79 bits per heavy atom. The number of amides is 2. The molecule has 0 radical (unpaired) electrons. The Bertz CT molecular complexity index is 712. The van der Waals surface area contributed by atoms with Gasteiger partial charge in [0.05, 0.1) is 0 Å². The third kappa shape index (κ3) is 4.17. The van der Waals surface area contributed by atoms with Gasteiger partial charge in [-0.25, -0.2) is 0 Å². The molecule has 6 nitrogen and oxygen atoms in total. The van der Waals surface area contributed by atoms with Crippen LogP contribution in [0.3, 0.4) is 0 Å². The van der Waals surface area contributed by atoms with Crippen LogP contribution >= 0.6 is 0 Å². The number of anilines is 1. The molecule has 1 unspecified atom stereocenters. The predicted molar refractivity (Wildman–Crippen MR) is 91.3 cm³/mol. The number of nitrogens with one attached hydrogen (secondary N) is 2. The molecular weight excluding hydrogens is 304 g/mol. The molecule has 2 amide bonds. The minimum absolute atomic E-state index is 0.0822. The first-order chi connectivity index (χ1) is 11.6. The van der Waals surface area contributed by atoms with E-state index in [9.17, 15) is 9.59 Å². The van der Waals surface area contributed by atoms with Gasteiger partial charge in [0.25, 0.3) is 5.91 Å². The van der Waals surface area contributed by atoms with Crippen molar-refractivity contribution < 1.29 is 9.59 Å². The Morgan fingerprint density at radius 1 is 1.12 bits per heavy atom. The second-order valence-corrected chi connectivity index (χ2v) is 5.94. The SMILES string of the molecule is NC(CNC(=O)C1CC1)c1ccc(C(=O)Nc2ccncc2)cc1. The normalized spacial score (nSPS) is 14.7. The molecule has 3 rings (SSSR count). The van der Waals surface area contributed by atoms with Gasteiger partial charge in [-0.2, -0.15) is 0 Å². The Hall–Kier alpha value is -2.73. The Kier molecular flexibility index (Phi) is 4.86. The van der Waals surface area contributed by atoms with Gasteiger partial charge in [0.15, 0.2) is 0 Å². The molecule has 1 heterocycles. The summed E-state index contributed by atoms with van der Waals surface area (Å²) in [4.78, 5) is 27.7. The molecule has 0 spiro atoms. The summed E-state index contributed by atoms with van der Waals surface area (Å²) in [7, 11) is 0. The number of carbonyl (C=O) groups is 2. The van der Waals surface area contributed by atoms with Gasteiger partial charge in [0, 0.05) is 42.1 Å². The minimum atomic E-state index is -0.287. The first-order valence-electron chi connectivity index (χ1n) is 7.98. The zero-order valence-corrected chi connectivity index (χ0v) is 13.2. The molecule has 1 aliphatic rings. The lowest BCUT2D eigenvalue weighted by Crippen LogP contribution is -2.32. The van der Waals surface area contributed by atoms with Crippen molar-refractivity contribution in [1.82, 2.24) is 10.3 Å². The van der Waals surface area contributed by atoms with Crippen LogP contribution in [-0.2, 0) is 4.79 Å². The number of carbonyl (C=O) groups excluding carboxylic acids is 2. The van der Waals surface area contributed by atoms with Crippen LogP contribution in [0, 0.1) is 5.92 Å². The lowest BCUT2D eigenvalue weighted by Gasteiger charge is -2.13. The molecule has 4 N–H and O–H groups in total. The summed E-state index contributed by atoms with van der Waals surface area (Å²) in [5.74, 6) is 0.0682. The first-order valence-corrected chi connectivity index (χ1v) is 7.98. The summed E-state index contributed by atoms with van der Waals surface area (Å²) < 4.78 is 0. The molecule has 1 saturated carbocycles. The van der Waals surface area contributed by atoms with Crippen LogP contribution in [0.4, 0.5) is 5.69 Å². The molecule has 124 valence electrons. The van der Waals surface area contributed by atoms with Gasteiger partial charge in [-0.05, 0) is 42.7 Å². The average molecular weight is 324 g/mol. The summed E-state index contributed by atoms with van der Waals surface area (Å²) in [6.07, 6.45) is 5.19. The van der Waals surface area contributed by atoms with Crippen molar-refractivity contribution in [3.63, 3.8) is 0 Å². The van der Waals surface area contributed by atoms with Crippen molar-refractivity contribution >= 4 is 17.5 Å². The van der Waals surface area contributed by atoms with E-state index < -0.39 is 0 Å². The van der Waals surface area contributed by atoms with Crippen molar-refractivity contribution in [2.24, 2.45) is 11.7 Å². The van der Waals surface area contributed by atoms with Gasteiger partial charge in [-0.15, -0.1) is 0 Å². The minimum Gasteiger partial charge on any atom is -0.354 e. The van der Waals surface area contributed by atoms with Crippen LogP contribution in [0.25, 0.3) is 0 Å². The summed E-state index contributed by atoms with van der Waals surface area (Å²) in [5, 5.41) is 5.66. The van der Waals surface area contributed by atoms with Gasteiger partial charge in [0.2, 0.25) is 5.91 Å². The molecule has 1 aliphatic carbocycles. The first kappa shape index (κ1) is 16.1. The molecular formula is C18H20N4O2. The van der Waals surface area contributed by atoms with Crippen molar-refractivity contribution in [3.05, 3.63) is 59.9 Å². The highest BCUT2D eigenvalue weighted by Crippen LogP contribution is 2.28. The van der Waals surface area contributed by atoms with E-state index in [1.165, 1.54) is 0 Å². The highest BCUT2D eigenvalue weighted by Gasteiger charge is 2.29. The fourth-order valence-corrected chi connectivity index (χ4v) is 2.34. The highest BCUT2D eigenvalue weighted by atomic mass is 16.2. The molecule has 2 aromatic rings. The fourth-order valence-electron chi connectivity index (χ4n) is 2.34. The molecule has 1 aromatic carbocycles. The van der Waals surface area contributed by atoms with E-state index in [2.05, 4.69) is 15.6 Å². The third-order valence-electron chi connectivity index (χ3n) is 3.98. The summed E-state index contributed by atoms with van der Waals surface area (Å²) in [5.41, 5.74) is 8.21. The number of rotatable bonds is 6. The Balaban J connectivity index is 1.55. The summed E-state index contributed by atoms with van der Waals surface area (Å²) in [6, 6.07) is 10.3. The monoisotopic (exact) mass is 324 g/mol. The predicted octanol–water partition coefficient (Wildman–Crippen LogP) is 1.86. The zero-order chi connectivity index (χ0) is 16.9. The zero-order valence-electron chi connectivity index (χ0n) is 13.2. The molecule has 0 saturated heterocycles. The number of hydrogen-bond donors (Lipinski definition) is 3. The van der Waals surface area contributed by atoms with Gasteiger partial charge in [0.1, 0.15) is 0 Å². The van der Waals surface area contributed by atoms with E-state index in [-0.39, 0.29) is 23.8 Å². The van der Waals surface area contributed by atoms with E-state index in [0.717, 1.165) is 18.4 Å². The van der Waals surface area contributed by atoms with Crippen LogP contribution in [0.2, 0.25) is 0 Å². The number of nitrogens with two attached hydrogens (primary N) is 1. The third-order valence-corrected chi connectivity index (χ3v) is 3.98. The maximum atomic E-state index is 12.2. The standard InChI is InChI=1S/C18H20N4O2/c19-16(11-21-17(23)13-5-6-13)12-1-3-14(4-2-12)18(24)22-15-7-9-20-10-8-15/h1-4,7-10,13,16H,5-6,11,19H2,(H,21,23)(H,20,22,24). The lowest BCUT2D eigenvalue weighted by atomic mass is 10.0. The van der Waals surface area contributed by atoms with E-state index in [1.54, 1.807) is 36.7 Å². The highest BCUT2D eigenvalue weighted by molar-refractivity contribution is 6.04. The van der Waals surface area contributed by atoms with Gasteiger partial charge in [-0.3, -0.25) is 14.6 Å². The molecule has 24 heavy (non-hydrogen) atoms. The van der Waals surface area contributed by atoms with Gasteiger partial charge in [-0.1, -0.05) is 12.1 Å². The maximum absolute atomic E-state index is 12.2. The topological polar surface area (TPSA) is 97.1 Å². The smallest absolute Gasteiger partial charge is 0.255 e. The van der Waals surface area contributed by atoms with E-state index in [1.807, 2.05) is 12.1 Å². The van der Waals surface area contributed by atoms with E-state index in [0.29, 0.717) is 17.8 Å². The summed E-state index contributed by atoms with van der Waals surface area (Å²) in [6.45, 7) is 0.401. The van der Waals surface area contributed by atoms with Crippen LogP contribution in [-0.4, -0.2) is 23.3 Å². The van der Waals surface area contributed by atoms with Crippen molar-refractivity contribution in [2.75, 3.05) is 11.9 Å². The largest absolute Gasteiger partial charge is 0.354 e. The van der Waals surface area contributed by atoms with Crippen LogP contribution in [0.15, 0.2) is 48.8 Å². The fraction of sp³-hybridized carbons (Fsp3) is 0.278. The number of benzene rings is 1. The van der Waals surface area contributed by atoms with E-state index in [4.69, 9.17) is 5.73 Å². The molecule has 0 aliphatic heterocycles. The lowest BCUT2D eigenvalue weighted by molar-refractivity contribution is -0.122. The van der Waals surface area contributed by atoms with Crippen molar-refractivity contribution in [3.8, 4) is 0 Å². The molecule has 1 aromatic heterocycles.